The van der Waals surface area contributed by atoms with Crippen LogP contribution in [0, 0.1) is 5.92 Å². The van der Waals surface area contributed by atoms with Gasteiger partial charge in [0.2, 0.25) is 0 Å². The standard InChI is InChI=1S/C13H24N4.ClH/c1-11(2)17-7-5-13(15-17)10-16-6-4-12(9-16)8-14-3;/h5,7,11-12,14H,4,6,8-10H2,1-3H3;1H. The highest BCUT2D eigenvalue weighted by Gasteiger charge is 2.22. The van der Waals surface area contributed by atoms with Crippen molar-refractivity contribution in [3.8, 4) is 0 Å². The molecule has 4 nitrogen and oxygen atoms in total. The predicted molar refractivity (Wildman–Crippen MR) is 77.2 cm³/mol. The lowest BCUT2D eigenvalue weighted by Crippen LogP contribution is -2.24. The molecule has 0 aromatic carbocycles. The number of hydrogen-bond acceptors (Lipinski definition) is 3. The third-order valence-corrected chi connectivity index (χ3v) is 3.44. The fourth-order valence-electron chi connectivity index (χ4n) is 2.49. The number of aromatic nitrogens is 2. The summed E-state index contributed by atoms with van der Waals surface area (Å²) in [5, 5.41) is 7.87. The van der Waals surface area contributed by atoms with E-state index in [2.05, 4.69) is 41.4 Å². The summed E-state index contributed by atoms with van der Waals surface area (Å²) >= 11 is 0. The van der Waals surface area contributed by atoms with Gasteiger partial charge in [0.15, 0.2) is 0 Å². The lowest BCUT2D eigenvalue weighted by molar-refractivity contribution is 0.309. The minimum Gasteiger partial charge on any atom is -0.319 e. The molecular weight excluding hydrogens is 248 g/mol. The van der Waals surface area contributed by atoms with Crippen molar-refractivity contribution < 1.29 is 0 Å². The largest absolute Gasteiger partial charge is 0.319 e. The molecule has 1 atom stereocenters. The van der Waals surface area contributed by atoms with E-state index in [1.54, 1.807) is 0 Å². The zero-order valence-electron chi connectivity index (χ0n) is 11.6. The third-order valence-electron chi connectivity index (χ3n) is 3.44. The van der Waals surface area contributed by atoms with Gasteiger partial charge in [-0.25, -0.2) is 0 Å². The summed E-state index contributed by atoms with van der Waals surface area (Å²) in [5.41, 5.74) is 1.20. The molecule has 1 aliphatic heterocycles. The Hall–Kier alpha value is -0.580. The molecule has 1 aromatic heterocycles. The summed E-state index contributed by atoms with van der Waals surface area (Å²) in [4.78, 5) is 2.51. The van der Waals surface area contributed by atoms with Crippen LogP contribution in [0.1, 0.15) is 32.0 Å². The molecule has 0 radical (unpaired) electrons. The maximum atomic E-state index is 4.60. The molecule has 0 aliphatic carbocycles. The van der Waals surface area contributed by atoms with Crippen LogP contribution >= 0.6 is 12.4 Å². The van der Waals surface area contributed by atoms with Crippen LogP contribution in [0.5, 0.6) is 0 Å². The molecule has 0 saturated carbocycles. The van der Waals surface area contributed by atoms with Crippen LogP contribution in [-0.4, -0.2) is 41.4 Å². The Morgan fingerprint density at radius 3 is 2.89 bits per heavy atom. The van der Waals surface area contributed by atoms with Gasteiger partial charge in [-0.3, -0.25) is 9.58 Å². The maximum absolute atomic E-state index is 4.60. The van der Waals surface area contributed by atoms with E-state index in [-0.39, 0.29) is 12.4 Å². The average Bonchev–Trinajstić information content (AvgIpc) is 2.89. The van der Waals surface area contributed by atoms with Gasteiger partial charge in [-0.15, -0.1) is 12.4 Å². The first-order chi connectivity index (χ1) is 8.19. The molecule has 104 valence electrons. The average molecular weight is 273 g/mol. The van der Waals surface area contributed by atoms with Gasteiger partial charge < -0.3 is 5.32 Å². The first kappa shape index (κ1) is 15.5. The monoisotopic (exact) mass is 272 g/mol. The molecule has 1 aliphatic rings. The topological polar surface area (TPSA) is 33.1 Å². The minimum atomic E-state index is 0. The number of likely N-dealkylation sites (tertiary alicyclic amines) is 1. The molecule has 0 amide bonds. The Kier molecular flexibility index (Phi) is 6.12. The van der Waals surface area contributed by atoms with Gasteiger partial charge in [0.25, 0.3) is 0 Å². The van der Waals surface area contributed by atoms with Crippen molar-refractivity contribution in [3.05, 3.63) is 18.0 Å². The normalized spacial score (nSPS) is 20.3. The number of nitrogens with zero attached hydrogens (tertiary/aromatic N) is 3. The Morgan fingerprint density at radius 1 is 1.50 bits per heavy atom. The van der Waals surface area contributed by atoms with Crippen molar-refractivity contribution >= 4 is 12.4 Å². The summed E-state index contributed by atoms with van der Waals surface area (Å²) in [5.74, 6) is 0.812. The molecule has 1 saturated heterocycles. The highest BCUT2D eigenvalue weighted by molar-refractivity contribution is 5.85. The van der Waals surface area contributed by atoms with Crippen LogP contribution in [0.2, 0.25) is 0 Å². The van der Waals surface area contributed by atoms with Gasteiger partial charge in [0.1, 0.15) is 0 Å². The lowest BCUT2D eigenvalue weighted by atomic mass is 10.1. The molecule has 0 spiro atoms. The predicted octanol–water partition coefficient (Wildman–Crippen LogP) is 1.93. The van der Waals surface area contributed by atoms with Gasteiger partial charge >= 0.3 is 0 Å². The zero-order valence-corrected chi connectivity index (χ0v) is 12.4. The van der Waals surface area contributed by atoms with Gasteiger partial charge in [-0.2, -0.15) is 5.10 Å². The van der Waals surface area contributed by atoms with Crippen LogP contribution in [-0.2, 0) is 6.54 Å². The van der Waals surface area contributed by atoms with E-state index < -0.39 is 0 Å². The first-order valence-electron chi connectivity index (χ1n) is 6.60. The number of nitrogens with one attached hydrogen (secondary N) is 1. The van der Waals surface area contributed by atoms with E-state index in [0.717, 1.165) is 19.0 Å². The van der Waals surface area contributed by atoms with Crippen LogP contribution in [0.15, 0.2) is 12.3 Å². The smallest absolute Gasteiger partial charge is 0.0764 e. The van der Waals surface area contributed by atoms with Crippen molar-refractivity contribution in [1.29, 1.82) is 0 Å². The van der Waals surface area contributed by atoms with Gasteiger partial charge in [0, 0.05) is 25.3 Å². The van der Waals surface area contributed by atoms with Crippen molar-refractivity contribution in [3.63, 3.8) is 0 Å². The molecule has 1 aromatic rings. The Bertz CT molecular complexity index is 351. The van der Waals surface area contributed by atoms with E-state index in [9.17, 15) is 0 Å². The molecule has 1 fully saturated rings. The van der Waals surface area contributed by atoms with Crippen LogP contribution in [0.3, 0.4) is 0 Å². The first-order valence-corrected chi connectivity index (χ1v) is 6.60. The van der Waals surface area contributed by atoms with E-state index in [0.29, 0.717) is 6.04 Å². The van der Waals surface area contributed by atoms with Crippen molar-refractivity contribution in [2.75, 3.05) is 26.7 Å². The summed E-state index contributed by atoms with van der Waals surface area (Å²) in [6.45, 7) is 8.87. The quantitative estimate of drug-likeness (QED) is 0.889. The lowest BCUT2D eigenvalue weighted by Gasteiger charge is -2.14. The van der Waals surface area contributed by atoms with Crippen LogP contribution in [0.4, 0.5) is 0 Å². The fourth-order valence-corrected chi connectivity index (χ4v) is 2.49. The summed E-state index contributed by atoms with van der Waals surface area (Å²) in [7, 11) is 2.03. The maximum Gasteiger partial charge on any atom is 0.0764 e. The van der Waals surface area contributed by atoms with Gasteiger partial charge in [0.05, 0.1) is 5.69 Å². The molecular formula is C13H25ClN4. The van der Waals surface area contributed by atoms with Gasteiger partial charge in [-0.05, 0) is 52.4 Å². The Labute approximate surface area is 116 Å². The molecule has 0 bridgehead atoms. The van der Waals surface area contributed by atoms with E-state index >= 15 is 0 Å². The molecule has 1 N–H and O–H groups in total. The SMILES string of the molecule is CNCC1CCN(Cc2ccn(C(C)C)n2)C1.Cl. The van der Waals surface area contributed by atoms with E-state index in [1.807, 2.05) is 11.7 Å². The van der Waals surface area contributed by atoms with Crippen LogP contribution in [0.25, 0.3) is 0 Å². The number of hydrogen-bond donors (Lipinski definition) is 1. The minimum absolute atomic E-state index is 0. The molecule has 5 heteroatoms. The second kappa shape index (κ2) is 7.12. The molecule has 2 heterocycles. The molecule has 18 heavy (non-hydrogen) atoms. The Morgan fingerprint density at radius 2 is 2.28 bits per heavy atom. The van der Waals surface area contributed by atoms with Crippen molar-refractivity contribution in [2.24, 2.45) is 5.92 Å². The van der Waals surface area contributed by atoms with Crippen molar-refractivity contribution in [2.45, 2.75) is 32.9 Å². The van der Waals surface area contributed by atoms with E-state index in [4.69, 9.17) is 0 Å². The Balaban J connectivity index is 0.00000162. The second-order valence-electron chi connectivity index (χ2n) is 5.33. The van der Waals surface area contributed by atoms with E-state index in [1.165, 1.54) is 25.2 Å². The molecule has 2 rings (SSSR count). The highest BCUT2D eigenvalue weighted by Crippen LogP contribution is 2.17. The van der Waals surface area contributed by atoms with Crippen LogP contribution < -0.4 is 5.32 Å². The second-order valence-corrected chi connectivity index (χ2v) is 5.33. The number of rotatable bonds is 5. The summed E-state index contributed by atoms with van der Waals surface area (Å²) in [6, 6.07) is 2.60. The highest BCUT2D eigenvalue weighted by atomic mass is 35.5. The number of halogens is 1. The summed E-state index contributed by atoms with van der Waals surface area (Å²) in [6.07, 6.45) is 3.40. The van der Waals surface area contributed by atoms with Crippen molar-refractivity contribution in [1.82, 2.24) is 20.0 Å². The molecule has 1 unspecified atom stereocenters. The summed E-state index contributed by atoms with van der Waals surface area (Å²) < 4.78 is 2.04. The van der Waals surface area contributed by atoms with Gasteiger partial charge in [-0.1, -0.05) is 0 Å². The fraction of sp³-hybridized carbons (Fsp3) is 0.769. The zero-order chi connectivity index (χ0) is 12.3. The third kappa shape index (κ3) is 3.97.